The van der Waals surface area contributed by atoms with Gasteiger partial charge in [0.2, 0.25) is 0 Å². The molecule has 1 heterocycles. The molecular formula is C6H14N2O. The van der Waals surface area contributed by atoms with Crippen molar-refractivity contribution >= 4 is 0 Å². The number of nitrogens with one attached hydrogen (secondary N) is 1. The lowest BCUT2D eigenvalue weighted by molar-refractivity contribution is -0.0304. The average Bonchev–Trinajstić information content (AvgIpc) is 1.89. The first kappa shape index (κ1) is 6.99. The van der Waals surface area contributed by atoms with Crippen molar-refractivity contribution in [1.82, 2.24) is 10.2 Å². The third-order valence-corrected chi connectivity index (χ3v) is 1.72. The summed E-state index contributed by atoms with van der Waals surface area (Å²) in [6.45, 7) is 3.11. The number of nitrogens with zero attached hydrogens (tertiary/aromatic N) is 1. The van der Waals surface area contributed by atoms with Gasteiger partial charge in [0, 0.05) is 26.7 Å². The van der Waals surface area contributed by atoms with Gasteiger partial charge in [-0.2, -0.15) is 0 Å². The van der Waals surface area contributed by atoms with Crippen molar-refractivity contribution in [2.24, 2.45) is 0 Å². The summed E-state index contributed by atoms with van der Waals surface area (Å²) in [6.07, 6.45) is 0.277. The fourth-order valence-corrected chi connectivity index (χ4v) is 1.04. The second kappa shape index (κ2) is 3.15. The van der Waals surface area contributed by atoms with Crippen molar-refractivity contribution in [1.29, 1.82) is 0 Å². The van der Waals surface area contributed by atoms with Gasteiger partial charge in [0.25, 0.3) is 0 Å². The lowest BCUT2D eigenvalue weighted by Crippen LogP contribution is -2.49. The molecule has 0 saturated carbocycles. The summed E-state index contributed by atoms with van der Waals surface area (Å²) < 4.78 is 5.17. The van der Waals surface area contributed by atoms with Crippen LogP contribution in [0.4, 0.5) is 0 Å². The third-order valence-electron chi connectivity index (χ3n) is 1.72. The fourth-order valence-electron chi connectivity index (χ4n) is 1.04. The highest BCUT2D eigenvalue weighted by Gasteiger charge is 2.16. The van der Waals surface area contributed by atoms with Crippen LogP contribution in [0.2, 0.25) is 0 Å². The van der Waals surface area contributed by atoms with Gasteiger partial charge >= 0.3 is 0 Å². The Morgan fingerprint density at radius 1 is 1.67 bits per heavy atom. The predicted molar refractivity (Wildman–Crippen MR) is 36.3 cm³/mol. The first-order valence-electron chi connectivity index (χ1n) is 3.28. The molecule has 0 bridgehead atoms. The van der Waals surface area contributed by atoms with E-state index in [0.29, 0.717) is 0 Å². The number of ether oxygens (including phenoxy) is 1. The summed E-state index contributed by atoms with van der Waals surface area (Å²) in [5.41, 5.74) is 0. The van der Waals surface area contributed by atoms with Crippen molar-refractivity contribution in [3.05, 3.63) is 0 Å². The van der Waals surface area contributed by atoms with E-state index in [4.69, 9.17) is 4.74 Å². The summed E-state index contributed by atoms with van der Waals surface area (Å²) >= 11 is 0. The van der Waals surface area contributed by atoms with Crippen molar-refractivity contribution in [3.8, 4) is 0 Å². The second-order valence-electron chi connectivity index (χ2n) is 2.38. The monoisotopic (exact) mass is 130 g/mol. The van der Waals surface area contributed by atoms with Crippen LogP contribution in [0.3, 0.4) is 0 Å². The van der Waals surface area contributed by atoms with Gasteiger partial charge in [0.05, 0.1) is 0 Å². The molecule has 0 aromatic carbocycles. The van der Waals surface area contributed by atoms with Crippen molar-refractivity contribution in [2.75, 3.05) is 33.8 Å². The molecule has 1 atom stereocenters. The summed E-state index contributed by atoms with van der Waals surface area (Å²) in [5, 5.41) is 3.25. The summed E-state index contributed by atoms with van der Waals surface area (Å²) in [6, 6.07) is 0. The van der Waals surface area contributed by atoms with Gasteiger partial charge in [-0.1, -0.05) is 0 Å². The summed E-state index contributed by atoms with van der Waals surface area (Å²) in [4.78, 5) is 2.20. The molecule has 0 aliphatic carbocycles. The van der Waals surface area contributed by atoms with Crippen LogP contribution in [-0.4, -0.2) is 44.9 Å². The van der Waals surface area contributed by atoms with Crippen LogP contribution in [0.5, 0.6) is 0 Å². The van der Waals surface area contributed by atoms with E-state index in [0.717, 1.165) is 19.6 Å². The SMILES string of the molecule is COC1CNCCN1C. The van der Waals surface area contributed by atoms with Crippen molar-refractivity contribution in [2.45, 2.75) is 6.23 Å². The van der Waals surface area contributed by atoms with E-state index in [1.54, 1.807) is 7.11 Å². The van der Waals surface area contributed by atoms with Gasteiger partial charge in [-0.05, 0) is 7.05 Å². The Bertz CT molecular complexity index is 87.1. The second-order valence-corrected chi connectivity index (χ2v) is 2.38. The van der Waals surface area contributed by atoms with Crippen LogP contribution in [-0.2, 0) is 4.74 Å². The van der Waals surface area contributed by atoms with Crippen LogP contribution >= 0.6 is 0 Å². The van der Waals surface area contributed by atoms with E-state index in [-0.39, 0.29) is 6.23 Å². The highest BCUT2D eigenvalue weighted by atomic mass is 16.5. The van der Waals surface area contributed by atoms with E-state index >= 15 is 0 Å². The van der Waals surface area contributed by atoms with E-state index in [1.165, 1.54) is 0 Å². The van der Waals surface area contributed by atoms with Gasteiger partial charge in [-0.15, -0.1) is 0 Å². The van der Waals surface area contributed by atoms with E-state index < -0.39 is 0 Å². The molecule has 1 rings (SSSR count). The largest absolute Gasteiger partial charge is 0.365 e. The molecule has 0 amide bonds. The number of rotatable bonds is 1. The Kier molecular flexibility index (Phi) is 2.45. The fraction of sp³-hybridized carbons (Fsp3) is 1.00. The van der Waals surface area contributed by atoms with Gasteiger partial charge in [0.1, 0.15) is 6.23 Å². The van der Waals surface area contributed by atoms with Gasteiger partial charge < -0.3 is 10.1 Å². The molecule has 9 heavy (non-hydrogen) atoms. The third kappa shape index (κ3) is 1.64. The molecule has 3 heteroatoms. The van der Waals surface area contributed by atoms with Gasteiger partial charge in [-0.3, -0.25) is 4.90 Å². The topological polar surface area (TPSA) is 24.5 Å². The summed E-state index contributed by atoms with van der Waals surface area (Å²) in [5.74, 6) is 0. The number of hydrogen-bond acceptors (Lipinski definition) is 3. The molecule has 0 aromatic heterocycles. The Balaban J connectivity index is 2.30. The Morgan fingerprint density at radius 2 is 2.44 bits per heavy atom. The maximum atomic E-state index is 5.17. The zero-order chi connectivity index (χ0) is 6.69. The first-order chi connectivity index (χ1) is 4.34. The van der Waals surface area contributed by atoms with Crippen molar-refractivity contribution in [3.63, 3.8) is 0 Å². The Labute approximate surface area is 56.0 Å². The van der Waals surface area contributed by atoms with Crippen LogP contribution in [0.15, 0.2) is 0 Å². The molecule has 54 valence electrons. The van der Waals surface area contributed by atoms with Crippen molar-refractivity contribution < 1.29 is 4.74 Å². The van der Waals surface area contributed by atoms with Crippen LogP contribution in [0.1, 0.15) is 0 Å². The molecular weight excluding hydrogens is 116 g/mol. The van der Waals surface area contributed by atoms with Gasteiger partial charge in [0.15, 0.2) is 0 Å². The zero-order valence-electron chi connectivity index (χ0n) is 6.05. The highest BCUT2D eigenvalue weighted by molar-refractivity contribution is 4.68. The maximum absolute atomic E-state index is 5.17. The molecule has 1 aliphatic heterocycles. The van der Waals surface area contributed by atoms with E-state index in [1.807, 2.05) is 0 Å². The van der Waals surface area contributed by atoms with E-state index in [9.17, 15) is 0 Å². The minimum absolute atomic E-state index is 0.277. The van der Waals surface area contributed by atoms with Crippen LogP contribution in [0, 0.1) is 0 Å². The predicted octanol–water partition coefficient (Wildman–Crippen LogP) is -0.506. The van der Waals surface area contributed by atoms with Gasteiger partial charge in [-0.25, -0.2) is 0 Å². The Morgan fingerprint density at radius 3 is 2.89 bits per heavy atom. The minimum Gasteiger partial charge on any atom is -0.365 e. The minimum atomic E-state index is 0.277. The molecule has 0 aromatic rings. The molecule has 1 saturated heterocycles. The molecule has 1 unspecified atom stereocenters. The smallest absolute Gasteiger partial charge is 0.122 e. The number of piperazine rings is 1. The number of likely N-dealkylation sites (N-methyl/N-ethyl adjacent to an activating group) is 1. The van der Waals surface area contributed by atoms with E-state index in [2.05, 4.69) is 17.3 Å². The lowest BCUT2D eigenvalue weighted by Gasteiger charge is -2.31. The normalized spacial score (nSPS) is 30.7. The molecule has 1 fully saturated rings. The molecule has 0 radical (unpaired) electrons. The highest BCUT2D eigenvalue weighted by Crippen LogP contribution is 1.98. The molecule has 0 spiro atoms. The molecule has 1 N–H and O–H groups in total. The maximum Gasteiger partial charge on any atom is 0.122 e. The average molecular weight is 130 g/mol. The van der Waals surface area contributed by atoms with Crippen LogP contribution in [0.25, 0.3) is 0 Å². The first-order valence-corrected chi connectivity index (χ1v) is 3.28. The molecule has 3 nitrogen and oxygen atoms in total. The standard InChI is InChI=1S/C6H14N2O/c1-8-4-3-7-5-6(8)9-2/h6-7H,3-5H2,1-2H3. The summed E-state index contributed by atoms with van der Waals surface area (Å²) in [7, 11) is 3.82. The quantitative estimate of drug-likeness (QED) is 0.517. The number of hydrogen-bond donors (Lipinski definition) is 1. The number of methoxy groups -OCH3 is 1. The lowest BCUT2D eigenvalue weighted by atomic mass is 10.4. The van der Waals surface area contributed by atoms with Crippen LogP contribution < -0.4 is 5.32 Å². The zero-order valence-corrected chi connectivity index (χ0v) is 6.05. The Hall–Kier alpha value is -0.120. The molecule has 1 aliphatic rings.